The molecule has 26 heavy (non-hydrogen) atoms. The van der Waals surface area contributed by atoms with Crippen molar-refractivity contribution in [3.63, 3.8) is 0 Å². The van der Waals surface area contributed by atoms with E-state index in [1.807, 2.05) is 0 Å². The minimum absolute atomic E-state index is 0.0399. The lowest BCUT2D eigenvalue weighted by molar-refractivity contribution is 0.409. The molecule has 0 spiro atoms. The van der Waals surface area contributed by atoms with Crippen LogP contribution < -0.4 is 16.0 Å². The van der Waals surface area contributed by atoms with E-state index in [0.29, 0.717) is 33.4 Å². The lowest BCUT2D eigenvalue weighted by Gasteiger charge is -2.07. The Hall–Kier alpha value is -3.81. The topological polar surface area (TPSA) is 124 Å². The third-order valence-electron chi connectivity index (χ3n) is 4.01. The Bertz CT molecular complexity index is 1280. The Morgan fingerprint density at radius 2 is 1.81 bits per heavy atom. The minimum atomic E-state index is -0.462. The zero-order valence-corrected chi connectivity index (χ0v) is 13.7. The second kappa shape index (κ2) is 5.92. The molecule has 0 unspecified atom stereocenters. The summed E-state index contributed by atoms with van der Waals surface area (Å²) in [5, 5.41) is 10.4. The second-order valence-corrected chi connectivity index (χ2v) is 5.68. The summed E-state index contributed by atoms with van der Waals surface area (Å²) >= 11 is 0. The molecule has 8 heteroatoms. The quantitative estimate of drug-likeness (QED) is 0.422. The molecule has 0 amide bonds. The Morgan fingerprint density at radius 3 is 2.58 bits per heavy atom. The summed E-state index contributed by atoms with van der Waals surface area (Å²) in [6.45, 7) is 0. The molecule has 0 radical (unpaired) electrons. The SMILES string of the molecule is COc1ccccc1C(O)=Cc1nc2cc3[nH]c(=O)[nH]c3cc2[nH]c1=O. The third-order valence-corrected chi connectivity index (χ3v) is 4.01. The number of benzene rings is 2. The summed E-state index contributed by atoms with van der Waals surface area (Å²) < 4.78 is 5.21. The maximum absolute atomic E-state index is 12.3. The van der Waals surface area contributed by atoms with Crippen molar-refractivity contribution in [3.05, 3.63) is 68.5 Å². The van der Waals surface area contributed by atoms with Gasteiger partial charge in [0.25, 0.3) is 5.56 Å². The number of aromatic amines is 3. The molecule has 4 aromatic rings. The number of aliphatic hydroxyl groups is 1. The highest BCUT2D eigenvalue weighted by Crippen LogP contribution is 2.25. The van der Waals surface area contributed by atoms with E-state index in [0.717, 1.165) is 0 Å². The molecule has 2 aromatic heterocycles. The lowest BCUT2D eigenvalue weighted by atomic mass is 10.1. The van der Waals surface area contributed by atoms with Crippen molar-refractivity contribution >= 4 is 33.9 Å². The number of aliphatic hydroxyl groups excluding tert-OH is 1. The minimum Gasteiger partial charge on any atom is -0.507 e. The number of H-pyrrole nitrogens is 3. The molecule has 0 bridgehead atoms. The van der Waals surface area contributed by atoms with Gasteiger partial charge in [-0.3, -0.25) is 4.79 Å². The highest BCUT2D eigenvalue weighted by atomic mass is 16.5. The van der Waals surface area contributed by atoms with Crippen LogP contribution in [-0.4, -0.2) is 32.2 Å². The standard InChI is InChI=1S/C18H14N4O4/c1-26-16-5-3-2-4-9(16)15(23)8-14-17(24)20-11-7-13-12(6-10(11)19-14)21-18(25)22-13/h2-8,23H,1H3,(H,20,24)(H2,21,22,25). The Balaban J connectivity index is 1.88. The van der Waals surface area contributed by atoms with Crippen LogP contribution in [0, 0.1) is 0 Å². The Morgan fingerprint density at radius 1 is 1.08 bits per heavy atom. The van der Waals surface area contributed by atoms with Crippen LogP contribution in [0.3, 0.4) is 0 Å². The molecule has 2 heterocycles. The Kier molecular flexibility index (Phi) is 3.58. The van der Waals surface area contributed by atoms with Gasteiger partial charge in [-0.1, -0.05) is 12.1 Å². The van der Waals surface area contributed by atoms with Crippen molar-refractivity contribution in [2.24, 2.45) is 0 Å². The summed E-state index contributed by atoms with van der Waals surface area (Å²) in [5.74, 6) is 0.334. The van der Waals surface area contributed by atoms with Crippen LogP contribution in [0.2, 0.25) is 0 Å². The number of hydrogen-bond donors (Lipinski definition) is 4. The molecule has 0 aliphatic heterocycles. The largest absolute Gasteiger partial charge is 0.507 e. The number of aromatic nitrogens is 4. The zero-order chi connectivity index (χ0) is 18.3. The molecule has 130 valence electrons. The number of rotatable bonds is 3. The van der Waals surface area contributed by atoms with E-state index in [9.17, 15) is 14.7 Å². The molecule has 8 nitrogen and oxygen atoms in total. The van der Waals surface area contributed by atoms with Crippen LogP contribution in [0.1, 0.15) is 11.3 Å². The van der Waals surface area contributed by atoms with Gasteiger partial charge < -0.3 is 24.8 Å². The highest BCUT2D eigenvalue weighted by Gasteiger charge is 2.10. The summed E-state index contributed by atoms with van der Waals surface area (Å²) in [6.07, 6.45) is 1.28. The van der Waals surface area contributed by atoms with E-state index in [4.69, 9.17) is 4.74 Å². The summed E-state index contributed by atoms with van der Waals surface area (Å²) in [4.78, 5) is 36.0. The molecule has 0 aliphatic carbocycles. The van der Waals surface area contributed by atoms with Crippen molar-refractivity contribution in [3.8, 4) is 5.75 Å². The van der Waals surface area contributed by atoms with E-state index in [1.54, 1.807) is 36.4 Å². The van der Waals surface area contributed by atoms with Crippen LogP contribution in [0.5, 0.6) is 5.75 Å². The molecule has 4 rings (SSSR count). The van der Waals surface area contributed by atoms with Gasteiger partial charge in [0, 0.05) is 6.08 Å². The fourth-order valence-electron chi connectivity index (χ4n) is 2.79. The molecular weight excluding hydrogens is 336 g/mol. The maximum Gasteiger partial charge on any atom is 0.323 e. The van der Waals surface area contributed by atoms with E-state index in [1.165, 1.54) is 13.2 Å². The monoisotopic (exact) mass is 350 g/mol. The molecule has 0 saturated carbocycles. The second-order valence-electron chi connectivity index (χ2n) is 5.68. The highest BCUT2D eigenvalue weighted by molar-refractivity contribution is 5.91. The first-order chi connectivity index (χ1) is 12.5. The molecule has 4 N–H and O–H groups in total. The zero-order valence-electron chi connectivity index (χ0n) is 13.7. The predicted molar refractivity (Wildman–Crippen MR) is 98.3 cm³/mol. The number of fused-ring (bicyclic) bond motifs is 2. The molecule has 0 aliphatic rings. The van der Waals surface area contributed by atoms with Gasteiger partial charge in [-0.05, 0) is 24.3 Å². The van der Waals surface area contributed by atoms with Crippen molar-refractivity contribution in [2.45, 2.75) is 0 Å². The van der Waals surface area contributed by atoms with Crippen molar-refractivity contribution in [2.75, 3.05) is 7.11 Å². The normalized spacial score (nSPS) is 12.0. The average molecular weight is 350 g/mol. The van der Waals surface area contributed by atoms with Crippen LogP contribution in [0.25, 0.3) is 33.9 Å². The van der Waals surface area contributed by atoms with Crippen molar-refractivity contribution in [1.82, 2.24) is 19.9 Å². The van der Waals surface area contributed by atoms with Crippen LogP contribution in [-0.2, 0) is 0 Å². The smallest absolute Gasteiger partial charge is 0.323 e. The average Bonchev–Trinajstić information content (AvgIpc) is 2.99. The number of hydrogen-bond acceptors (Lipinski definition) is 5. The van der Waals surface area contributed by atoms with Crippen LogP contribution in [0.15, 0.2) is 46.0 Å². The number of nitrogens with one attached hydrogen (secondary N) is 3. The van der Waals surface area contributed by atoms with E-state index < -0.39 is 5.56 Å². The first kappa shape index (κ1) is 15.7. The van der Waals surface area contributed by atoms with Gasteiger partial charge >= 0.3 is 5.69 Å². The summed E-state index contributed by atoms with van der Waals surface area (Å²) in [6, 6.07) is 10.2. The maximum atomic E-state index is 12.3. The Labute approximate surface area is 145 Å². The first-order valence-electron chi connectivity index (χ1n) is 7.75. The number of imidazole rings is 1. The van der Waals surface area contributed by atoms with Gasteiger partial charge in [0.1, 0.15) is 17.2 Å². The van der Waals surface area contributed by atoms with Gasteiger partial charge in [-0.25, -0.2) is 9.78 Å². The lowest BCUT2D eigenvalue weighted by Crippen LogP contribution is -2.12. The number of nitrogens with zero attached hydrogens (tertiary/aromatic N) is 1. The van der Waals surface area contributed by atoms with Gasteiger partial charge in [-0.2, -0.15) is 0 Å². The van der Waals surface area contributed by atoms with Gasteiger partial charge in [0.05, 0.1) is 34.7 Å². The number of ether oxygens (including phenoxy) is 1. The van der Waals surface area contributed by atoms with Gasteiger partial charge in [0.2, 0.25) is 0 Å². The molecule has 0 saturated heterocycles. The predicted octanol–water partition coefficient (Wildman–Crippen LogP) is 2.16. The first-order valence-corrected chi connectivity index (χ1v) is 7.75. The van der Waals surface area contributed by atoms with Gasteiger partial charge in [0.15, 0.2) is 0 Å². The van der Waals surface area contributed by atoms with E-state index >= 15 is 0 Å². The van der Waals surface area contributed by atoms with Crippen molar-refractivity contribution in [1.29, 1.82) is 0 Å². The number of methoxy groups -OCH3 is 1. The molecule has 0 fully saturated rings. The third kappa shape index (κ3) is 2.63. The van der Waals surface area contributed by atoms with E-state index in [2.05, 4.69) is 19.9 Å². The molecule has 0 atom stereocenters. The summed E-state index contributed by atoms with van der Waals surface area (Å²) in [5.41, 5.74) is 1.78. The molecular formula is C18H14N4O4. The summed E-state index contributed by atoms with van der Waals surface area (Å²) in [7, 11) is 1.50. The van der Waals surface area contributed by atoms with E-state index in [-0.39, 0.29) is 17.1 Å². The van der Waals surface area contributed by atoms with Crippen molar-refractivity contribution < 1.29 is 9.84 Å². The van der Waals surface area contributed by atoms with Crippen LogP contribution in [0.4, 0.5) is 0 Å². The number of para-hydroxylation sites is 1. The van der Waals surface area contributed by atoms with Gasteiger partial charge in [-0.15, -0.1) is 0 Å². The fraction of sp³-hybridized carbons (Fsp3) is 0.0556. The molecule has 2 aromatic carbocycles. The fourth-order valence-corrected chi connectivity index (χ4v) is 2.79. The van der Waals surface area contributed by atoms with Crippen LogP contribution >= 0.6 is 0 Å².